The Bertz CT molecular complexity index is 361. The van der Waals surface area contributed by atoms with Gasteiger partial charge in [0.25, 0.3) is 0 Å². The van der Waals surface area contributed by atoms with E-state index in [4.69, 9.17) is 4.74 Å². The van der Waals surface area contributed by atoms with E-state index in [1.165, 1.54) is 0 Å². The number of carboxylic acid groups (broad SMARTS) is 1. The number of ether oxygens (including phenoxy) is 1. The number of fused-ring (bicyclic) bond motifs is 2. The molecule has 0 aromatic rings. The number of methoxy groups -OCH3 is 1. The molecule has 2 aliphatic heterocycles. The van der Waals surface area contributed by atoms with E-state index >= 15 is 0 Å². The average molecular weight is 270 g/mol. The van der Waals surface area contributed by atoms with Gasteiger partial charge in [0, 0.05) is 25.7 Å². The summed E-state index contributed by atoms with van der Waals surface area (Å²) in [4.78, 5) is 25.3. The van der Waals surface area contributed by atoms with Crippen molar-refractivity contribution >= 4 is 11.9 Å². The van der Waals surface area contributed by atoms with Crippen LogP contribution in [0.25, 0.3) is 0 Å². The van der Waals surface area contributed by atoms with Crippen LogP contribution in [0.3, 0.4) is 0 Å². The minimum Gasteiger partial charge on any atom is -0.481 e. The van der Waals surface area contributed by atoms with Crippen molar-refractivity contribution in [3.63, 3.8) is 0 Å². The Kier molecular flexibility index (Phi) is 4.42. The largest absolute Gasteiger partial charge is 0.481 e. The van der Waals surface area contributed by atoms with Crippen LogP contribution in [0.4, 0.5) is 0 Å². The Morgan fingerprint density at radius 3 is 2.79 bits per heavy atom. The molecule has 2 N–H and O–H groups in total. The third-order valence-electron chi connectivity index (χ3n) is 4.34. The second kappa shape index (κ2) is 5.88. The van der Waals surface area contributed by atoms with Gasteiger partial charge < -0.3 is 15.2 Å². The summed E-state index contributed by atoms with van der Waals surface area (Å²) in [5.41, 5.74) is 0. The first-order valence-corrected chi connectivity index (χ1v) is 6.83. The topological polar surface area (TPSA) is 78.9 Å². The fraction of sp³-hybridized carbons (Fsp3) is 0.846. The van der Waals surface area contributed by atoms with Gasteiger partial charge in [0.1, 0.15) is 0 Å². The molecular formula is C13H22N2O4. The number of hydrogen-bond donors (Lipinski definition) is 2. The molecule has 2 aliphatic rings. The quantitative estimate of drug-likeness (QED) is 0.668. The SMILES string of the molecule is COCCNC(=O)C(C)N1C2CCC1C(C(=O)O)C2. The molecule has 0 aliphatic carbocycles. The highest BCUT2D eigenvalue weighted by atomic mass is 16.5. The zero-order chi connectivity index (χ0) is 14.0. The molecule has 4 unspecified atom stereocenters. The lowest BCUT2D eigenvalue weighted by atomic mass is 9.89. The molecule has 6 heteroatoms. The summed E-state index contributed by atoms with van der Waals surface area (Å²) in [7, 11) is 1.59. The molecule has 0 aromatic heterocycles. The van der Waals surface area contributed by atoms with Crippen LogP contribution in [0.1, 0.15) is 26.2 Å². The Morgan fingerprint density at radius 1 is 1.47 bits per heavy atom. The molecule has 2 fully saturated rings. The van der Waals surface area contributed by atoms with Crippen molar-refractivity contribution in [2.75, 3.05) is 20.3 Å². The van der Waals surface area contributed by atoms with Gasteiger partial charge in [0.05, 0.1) is 18.6 Å². The van der Waals surface area contributed by atoms with E-state index in [1.54, 1.807) is 7.11 Å². The number of hydrogen-bond acceptors (Lipinski definition) is 4. The van der Waals surface area contributed by atoms with Gasteiger partial charge in [0.15, 0.2) is 0 Å². The Labute approximate surface area is 113 Å². The molecule has 2 saturated heterocycles. The summed E-state index contributed by atoms with van der Waals surface area (Å²) in [6, 6.07) is -0.00124. The first-order valence-electron chi connectivity index (χ1n) is 6.83. The first-order chi connectivity index (χ1) is 9.06. The van der Waals surface area contributed by atoms with Crippen LogP contribution < -0.4 is 5.32 Å². The minimum atomic E-state index is -0.732. The van der Waals surface area contributed by atoms with Gasteiger partial charge in [-0.1, -0.05) is 0 Å². The van der Waals surface area contributed by atoms with Crippen LogP contribution in [0.5, 0.6) is 0 Å². The number of aliphatic carboxylic acids is 1. The van der Waals surface area contributed by atoms with Gasteiger partial charge in [-0.2, -0.15) is 0 Å². The van der Waals surface area contributed by atoms with E-state index in [-0.39, 0.29) is 30.0 Å². The van der Waals surface area contributed by atoms with Crippen molar-refractivity contribution in [2.24, 2.45) is 5.92 Å². The maximum atomic E-state index is 12.0. The Hall–Kier alpha value is -1.14. The van der Waals surface area contributed by atoms with E-state index in [0.717, 1.165) is 12.8 Å². The van der Waals surface area contributed by atoms with Crippen molar-refractivity contribution < 1.29 is 19.4 Å². The second-order valence-corrected chi connectivity index (χ2v) is 5.39. The number of amides is 1. The Morgan fingerprint density at radius 2 is 2.21 bits per heavy atom. The molecule has 0 spiro atoms. The van der Waals surface area contributed by atoms with Crippen molar-refractivity contribution in [3.8, 4) is 0 Å². The van der Waals surface area contributed by atoms with Crippen molar-refractivity contribution in [1.82, 2.24) is 10.2 Å². The number of carbonyl (C=O) groups is 2. The van der Waals surface area contributed by atoms with Crippen LogP contribution in [0, 0.1) is 5.92 Å². The van der Waals surface area contributed by atoms with Crippen LogP contribution >= 0.6 is 0 Å². The zero-order valence-corrected chi connectivity index (χ0v) is 11.5. The van der Waals surface area contributed by atoms with Crippen molar-refractivity contribution in [2.45, 2.75) is 44.3 Å². The van der Waals surface area contributed by atoms with Gasteiger partial charge in [-0.05, 0) is 26.2 Å². The van der Waals surface area contributed by atoms with Gasteiger partial charge in [-0.3, -0.25) is 14.5 Å². The molecule has 0 aromatic carbocycles. The van der Waals surface area contributed by atoms with Gasteiger partial charge in [-0.25, -0.2) is 0 Å². The van der Waals surface area contributed by atoms with E-state index in [0.29, 0.717) is 19.6 Å². The smallest absolute Gasteiger partial charge is 0.308 e. The fourth-order valence-corrected chi connectivity index (χ4v) is 3.46. The normalized spacial score (nSPS) is 31.4. The minimum absolute atomic E-state index is 0.0191. The van der Waals surface area contributed by atoms with Crippen LogP contribution in [-0.4, -0.2) is 60.3 Å². The fourth-order valence-electron chi connectivity index (χ4n) is 3.46. The predicted molar refractivity (Wildman–Crippen MR) is 68.7 cm³/mol. The van der Waals surface area contributed by atoms with E-state index in [9.17, 15) is 14.7 Å². The lowest BCUT2D eigenvalue weighted by Crippen LogP contribution is -2.48. The predicted octanol–water partition coefficient (Wildman–Crippen LogP) is 0.0750. The third kappa shape index (κ3) is 2.74. The first kappa shape index (κ1) is 14.3. The molecular weight excluding hydrogens is 248 g/mol. The van der Waals surface area contributed by atoms with Crippen LogP contribution in [-0.2, 0) is 14.3 Å². The molecule has 2 bridgehead atoms. The zero-order valence-electron chi connectivity index (χ0n) is 11.5. The summed E-state index contributed by atoms with van der Waals surface area (Å²) in [6.07, 6.45) is 2.57. The summed E-state index contributed by atoms with van der Waals surface area (Å²) >= 11 is 0. The lowest BCUT2D eigenvalue weighted by molar-refractivity contribution is -0.143. The average Bonchev–Trinajstić information content (AvgIpc) is 2.95. The van der Waals surface area contributed by atoms with Crippen LogP contribution in [0.15, 0.2) is 0 Å². The van der Waals surface area contributed by atoms with Gasteiger partial charge in [-0.15, -0.1) is 0 Å². The van der Waals surface area contributed by atoms with Crippen molar-refractivity contribution in [1.29, 1.82) is 0 Å². The molecule has 2 heterocycles. The summed E-state index contributed by atoms with van der Waals surface area (Å²) in [5.74, 6) is -1.09. The number of nitrogens with zero attached hydrogens (tertiary/aromatic N) is 1. The van der Waals surface area contributed by atoms with E-state index in [2.05, 4.69) is 10.2 Å². The summed E-state index contributed by atoms with van der Waals surface area (Å²) in [6.45, 7) is 2.84. The number of carboxylic acids is 1. The number of rotatable bonds is 6. The molecule has 108 valence electrons. The maximum absolute atomic E-state index is 12.0. The second-order valence-electron chi connectivity index (χ2n) is 5.39. The third-order valence-corrected chi connectivity index (χ3v) is 4.34. The van der Waals surface area contributed by atoms with Gasteiger partial charge in [0.2, 0.25) is 5.91 Å². The molecule has 19 heavy (non-hydrogen) atoms. The number of nitrogens with one attached hydrogen (secondary N) is 1. The highest BCUT2D eigenvalue weighted by Gasteiger charge is 2.51. The standard InChI is InChI=1S/C13H22N2O4/c1-8(12(16)14-5-6-19-2)15-9-3-4-11(15)10(7-9)13(17)18/h8-11H,3-7H2,1-2H3,(H,14,16)(H,17,18). The molecule has 6 nitrogen and oxygen atoms in total. The monoisotopic (exact) mass is 270 g/mol. The van der Waals surface area contributed by atoms with Crippen LogP contribution in [0.2, 0.25) is 0 Å². The van der Waals surface area contributed by atoms with Crippen molar-refractivity contribution in [3.05, 3.63) is 0 Å². The molecule has 2 rings (SSSR count). The van der Waals surface area contributed by atoms with E-state index < -0.39 is 5.97 Å². The highest BCUT2D eigenvalue weighted by Crippen LogP contribution is 2.42. The molecule has 0 radical (unpaired) electrons. The molecule has 0 saturated carbocycles. The van der Waals surface area contributed by atoms with E-state index in [1.807, 2.05) is 6.92 Å². The van der Waals surface area contributed by atoms with Gasteiger partial charge >= 0.3 is 5.97 Å². The number of carbonyl (C=O) groups excluding carboxylic acids is 1. The highest BCUT2D eigenvalue weighted by molar-refractivity contribution is 5.82. The summed E-state index contributed by atoms with van der Waals surface area (Å²) in [5, 5.41) is 12.0. The lowest BCUT2D eigenvalue weighted by Gasteiger charge is -2.28. The summed E-state index contributed by atoms with van der Waals surface area (Å²) < 4.78 is 4.89. The Balaban J connectivity index is 1.94. The molecule has 4 atom stereocenters. The maximum Gasteiger partial charge on any atom is 0.308 e. The molecule has 1 amide bonds.